The fraction of sp³-hybridized carbons (Fsp3) is 0.143. The van der Waals surface area contributed by atoms with Gasteiger partial charge in [-0.1, -0.05) is 11.6 Å². The smallest absolute Gasteiger partial charge is 0.184 e. The Hall–Kier alpha value is -1.07. The van der Waals surface area contributed by atoms with E-state index in [1.165, 1.54) is 11.3 Å². The molecule has 0 bridgehead atoms. The summed E-state index contributed by atoms with van der Waals surface area (Å²) in [7, 11) is 0. The van der Waals surface area contributed by atoms with E-state index in [2.05, 4.69) is 20.5 Å². The molecule has 0 spiro atoms. The molecule has 13 heavy (non-hydrogen) atoms. The van der Waals surface area contributed by atoms with Gasteiger partial charge in [0.15, 0.2) is 5.13 Å². The maximum atomic E-state index is 5.66. The molecule has 2 rings (SSSR count). The van der Waals surface area contributed by atoms with Gasteiger partial charge in [0.1, 0.15) is 5.15 Å². The summed E-state index contributed by atoms with van der Waals surface area (Å²) in [6, 6.07) is 1.90. The Labute approximate surface area is 84.0 Å². The lowest BCUT2D eigenvalue weighted by atomic mass is 10.4. The molecule has 0 atom stereocenters. The van der Waals surface area contributed by atoms with Gasteiger partial charge in [-0.2, -0.15) is 5.10 Å². The molecular formula is C7H7ClN4S. The van der Waals surface area contributed by atoms with Gasteiger partial charge in [0.2, 0.25) is 0 Å². The summed E-state index contributed by atoms with van der Waals surface area (Å²) < 4.78 is 0. The topological polar surface area (TPSA) is 53.6 Å². The first-order chi connectivity index (χ1) is 6.34. The van der Waals surface area contributed by atoms with Crippen LogP contribution in [-0.2, 0) is 6.54 Å². The molecule has 6 heteroatoms. The second-order valence-corrected chi connectivity index (χ2v) is 3.66. The first kappa shape index (κ1) is 8.52. The number of hydrogen-bond acceptors (Lipinski definition) is 4. The second-order valence-electron chi connectivity index (χ2n) is 2.41. The van der Waals surface area contributed by atoms with Crippen LogP contribution in [0.5, 0.6) is 0 Å². The lowest BCUT2D eigenvalue weighted by Gasteiger charge is -1.97. The molecule has 0 saturated carbocycles. The van der Waals surface area contributed by atoms with Gasteiger partial charge in [-0.05, 0) is 6.07 Å². The number of thiazole rings is 1. The van der Waals surface area contributed by atoms with E-state index in [9.17, 15) is 0 Å². The number of aromatic amines is 1. The largest absolute Gasteiger partial charge is 0.356 e. The lowest BCUT2D eigenvalue weighted by Crippen LogP contribution is -1.98. The van der Waals surface area contributed by atoms with Gasteiger partial charge in [0.05, 0.1) is 12.2 Å². The summed E-state index contributed by atoms with van der Waals surface area (Å²) in [6.07, 6.45) is 1.71. The molecule has 0 saturated heterocycles. The van der Waals surface area contributed by atoms with E-state index in [0.717, 1.165) is 10.8 Å². The van der Waals surface area contributed by atoms with Crippen LogP contribution in [0.4, 0.5) is 5.13 Å². The van der Waals surface area contributed by atoms with Gasteiger partial charge >= 0.3 is 0 Å². The minimum Gasteiger partial charge on any atom is -0.356 e. The maximum Gasteiger partial charge on any atom is 0.184 e. The molecule has 0 aliphatic rings. The zero-order valence-corrected chi connectivity index (χ0v) is 8.19. The highest BCUT2D eigenvalue weighted by Crippen LogP contribution is 2.18. The summed E-state index contributed by atoms with van der Waals surface area (Å²) in [6.45, 7) is 0.684. The first-order valence-electron chi connectivity index (χ1n) is 3.68. The number of rotatable bonds is 3. The van der Waals surface area contributed by atoms with Crippen LogP contribution in [0, 0.1) is 0 Å². The van der Waals surface area contributed by atoms with Crippen LogP contribution in [0.15, 0.2) is 17.6 Å². The van der Waals surface area contributed by atoms with Crippen molar-refractivity contribution in [1.82, 2.24) is 15.2 Å². The quantitative estimate of drug-likeness (QED) is 0.823. The fourth-order valence-electron chi connectivity index (χ4n) is 0.889. The Morgan fingerprint density at radius 3 is 3.15 bits per heavy atom. The van der Waals surface area contributed by atoms with Gasteiger partial charge in [-0.25, -0.2) is 4.98 Å². The highest BCUT2D eigenvalue weighted by molar-refractivity contribution is 7.14. The van der Waals surface area contributed by atoms with E-state index in [-0.39, 0.29) is 0 Å². The van der Waals surface area contributed by atoms with Crippen molar-refractivity contribution in [2.45, 2.75) is 6.54 Å². The SMILES string of the molecule is Clc1csc(NCc2ccn[nH]2)n1. The molecule has 0 unspecified atom stereocenters. The van der Waals surface area contributed by atoms with E-state index in [1.54, 1.807) is 11.6 Å². The molecule has 68 valence electrons. The molecule has 0 aliphatic carbocycles. The summed E-state index contributed by atoms with van der Waals surface area (Å²) in [4.78, 5) is 4.05. The van der Waals surface area contributed by atoms with Crippen molar-refractivity contribution in [2.24, 2.45) is 0 Å². The predicted octanol–water partition coefficient (Wildman–Crippen LogP) is 2.13. The van der Waals surface area contributed by atoms with E-state index in [4.69, 9.17) is 11.6 Å². The number of aromatic nitrogens is 3. The standard InChI is InChI=1S/C7H7ClN4S/c8-6-4-13-7(11-6)9-3-5-1-2-10-12-5/h1-2,4H,3H2,(H,9,11)(H,10,12). The summed E-state index contributed by atoms with van der Waals surface area (Å²) >= 11 is 7.14. The number of nitrogens with one attached hydrogen (secondary N) is 2. The minimum absolute atomic E-state index is 0.525. The zero-order chi connectivity index (χ0) is 9.10. The van der Waals surface area contributed by atoms with Crippen LogP contribution in [-0.4, -0.2) is 15.2 Å². The van der Waals surface area contributed by atoms with Crippen molar-refractivity contribution >= 4 is 28.1 Å². The molecular weight excluding hydrogens is 208 g/mol. The monoisotopic (exact) mass is 214 g/mol. The van der Waals surface area contributed by atoms with Crippen LogP contribution in [0.25, 0.3) is 0 Å². The van der Waals surface area contributed by atoms with Gasteiger partial charge in [0.25, 0.3) is 0 Å². The molecule has 2 aromatic heterocycles. The van der Waals surface area contributed by atoms with E-state index < -0.39 is 0 Å². The van der Waals surface area contributed by atoms with Crippen molar-refractivity contribution in [3.63, 3.8) is 0 Å². The summed E-state index contributed by atoms with van der Waals surface area (Å²) in [5.74, 6) is 0. The first-order valence-corrected chi connectivity index (χ1v) is 4.93. The average molecular weight is 215 g/mol. The van der Waals surface area contributed by atoms with Crippen LogP contribution < -0.4 is 5.32 Å². The zero-order valence-electron chi connectivity index (χ0n) is 6.62. The molecule has 2 aromatic rings. The normalized spacial score (nSPS) is 10.2. The van der Waals surface area contributed by atoms with Gasteiger partial charge < -0.3 is 5.32 Å². The summed E-state index contributed by atoms with van der Waals surface area (Å²) in [5.41, 5.74) is 1.02. The van der Waals surface area contributed by atoms with Crippen molar-refractivity contribution in [3.05, 3.63) is 28.5 Å². The lowest BCUT2D eigenvalue weighted by molar-refractivity contribution is 0.979. The molecule has 2 N–H and O–H groups in total. The third-order valence-electron chi connectivity index (χ3n) is 1.46. The molecule has 2 heterocycles. The third kappa shape index (κ3) is 2.19. The van der Waals surface area contributed by atoms with Gasteiger partial charge in [0, 0.05) is 11.6 Å². The Kier molecular flexibility index (Phi) is 2.47. The van der Waals surface area contributed by atoms with E-state index in [1.807, 2.05) is 6.07 Å². The highest BCUT2D eigenvalue weighted by atomic mass is 35.5. The number of nitrogens with zero attached hydrogens (tertiary/aromatic N) is 2. The summed E-state index contributed by atoms with van der Waals surface area (Å²) in [5, 5.41) is 12.9. The van der Waals surface area contributed by atoms with Crippen molar-refractivity contribution in [2.75, 3.05) is 5.32 Å². The molecule has 0 fully saturated rings. The second kappa shape index (κ2) is 3.76. The van der Waals surface area contributed by atoms with Crippen molar-refractivity contribution in [3.8, 4) is 0 Å². The van der Waals surface area contributed by atoms with Crippen LogP contribution in [0.3, 0.4) is 0 Å². The Morgan fingerprint density at radius 2 is 2.54 bits per heavy atom. The highest BCUT2D eigenvalue weighted by Gasteiger charge is 1.98. The predicted molar refractivity (Wildman–Crippen MR) is 53.0 cm³/mol. The number of anilines is 1. The molecule has 0 amide bonds. The van der Waals surface area contributed by atoms with Crippen molar-refractivity contribution in [1.29, 1.82) is 0 Å². The number of H-pyrrole nitrogens is 1. The maximum absolute atomic E-state index is 5.66. The van der Waals surface area contributed by atoms with Crippen LogP contribution >= 0.6 is 22.9 Å². The Morgan fingerprint density at radius 1 is 1.62 bits per heavy atom. The minimum atomic E-state index is 0.525. The molecule has 0 radical (unpaired) electrons. The fourth-order valence-corrected chi connectivity index (χ4v) is 1.73. The average Bonchev–Trinajstić information content (AvgIpc) is 2.71. The van der Waals surface area contributed by atoms with Crippen LogP contribution in [0.1, 0.15) is 5.69 Å². The molecule has 4 nitrogen and oxygen atoms in total. The third-order valence-corrected chi connectivity index (χ3v) is 2.59. The van der Waals surface area contributed by atoms with E-state index in [0.29, 0.717) is 11.7 Å². The van der Waals surface area contributed by atoms with Gasteiger partial charge in [-0.3, -0.25) is 5.10 Å². The Bertz CT molecular complexity index is 370. The number of halogens is 1. The molecule has 0 aromatic carbocycles. The van der Waals surface area contributed by atoms with Crippen LogP contribution in [0.2, 0.25) is 5.15 Å². The molecule has 0 aliphatic heterocycles. The Balaban J connectivity index is 1.93. The number of hydrogen-bond donors (Lipinski definition) is 2. The van der Waals surface area contributed by atoms with Crippen molar-refractivity contribution < 1.29 is 0 Å². The van der Waals surface area contributed by atoms with Gasteiger partial charge in [-0.15, -0.1) is 11.3 Å². The van der Waals surface area contributed by atoms with E-state index >= 15 is 0 Å².